The summed E-state index contributed by atoms with van der Waals surface area (Å²) in [6, 6.07) is 5.95. The fourth-order valence-corrected chi connectivity index (χ4v) is 2.80. The Kier molecular flexibility index (Phi) is 4.83. The zero-order chi connectivity index (χ0) is 13.8. The van der Waals surface area contributed by atoms with Gasteiger partial charge in [0.05, 0.1) is 19.3 Å². The van der Waals surface area contributed by atoms with Gasteiger partial charge in [-0.05, 0) is 51.2 Å². The van der Waals surface area contributed by atoms with Gasteiger partial charge in [0.25, 0.3) is 0 Å². The molecule has 3 nitrogen and oxygen atoms in total. The number of aryl methyl sites for hydroxylation is 1. The second-order valence-electron chi connectivity index (χ2n) is 5.41. The molecule has 1 atom stereocenters. The summed E-state index contributed by atoms with van der Waals surface area (Å²) in [4.78, 5) is 0. The van der Waals surface area contributed by atoms with Crippen molar-refractivity contribution >= 4 is 0 Å². The molecule has 0 aromatic heterocycles. The molecule has 106 valence electrons. The van der Waals surface area contributed by atoms with E-state index in [2.05, 4.69) is 0 Å². The van der Waals surface area contributed by atoms with Gasteiger partial charge in [0.2, 0.25) is 0 Å². The highest BCUT2D eigenvalue weighted by Crippen LogP contribution is 2.38. The minimum absolute atomic E-state index is 0.404. The van der Waals surface area contributed by atoms with Crippen LogP contribution in [-0.2, 0) is 4.74 Å². The van der Waals surface area contributed by atoms with Gasteiger partial charge in [-0.1, -0.05) is 11.6 Å². The molecule has 1 N–H and O–H groups in total. The Morgan fingerprint density at radius 1 is 1.37 bits per heavy atom. The highest BCUT2D eigenvalue weighted by molar-refractivity contribution is 5.38. The zero-order valence-electron chi connectivity index (χ0n) is 12.1. The highest BCUT2D eigenvalue weighted by atomic mass is 16.5. The molecule has 0 bridgehead atoms. The van der Waals surface area contributed by atoms with Crippen molar-refractivity contribution in [3.05, 3.63) is 29.3 Å². The van der Waals surface area contributed by atoms with E-state index < -0.39 is 6.10 Å². The molecular formula is C16H24O3. The van der Waals surface area contributed by atoms with Crippen LogP contribution < -0.4 is 4.74 Å². The third kappa shape index (κ3) is 3.48. The van der Waals surface area contributed by atoms with Crippen LogP contribution in [0.5, 0.6) is 5.75 Å². The smallest absolute Gasteiger partial charge is 0.124 e. The third-order valence-corrected chi connectivity index (χ3v) is 3.90. The lowest BCUT2D eigenvalue weighted by Gasteiger charge is -2.36. The molecule has 1 saturated carbocycles. The lowest BCUT2D eigenvalue weighted by Crippen LogP contribution is -2.32. The molecule has 1 aliphatic rings. The molecule has 1 aromatic rings. The number of benzene rings is 1. The highest BCUT2D eigenvalue weighted by Gasteiger charge is 2.31. The molecule has 0 heterocycles. The Bertz CT molecular complexity index is 410. The summed E-state index contributed by atoms with van der Waals surface area (Å²) in [5, 5.41) is 10.4. The van der Waals surface area contributed by atoms with E-state index in [1.165, 1.54) is 0 Å². The molecule has 1 fully saturated rings. The zero-order valence-corrected chi connectivity index (χ0v) is 12.1. The average Bonchev–Trinajstić information content (AvgIpc) is 2.36. The second-order valence-corrected chi connectivity index (χ2v) is 5.41. The first-order valence-electron chi connectivity index (χ1n) is 7.08. The van der Waals surface area contributed by atoms with Gasteiger partial charge in [0.1, 0.15) is 5.75 Å². The quantitative estimate of drug-likeness (QED) is 0.857. The largest absolute Gasteiger partial charge is 0.496 e. The van der Waals surface area contributed by atoms with Gasteiger partial charge in [0, 0.05) is 12.2 Å². The Hall–Kier alpha value is -1.06. The van der Waals surface area contributed by atoms with E-state index >= 15 is 0 Å². The number of rotatable bonds is 6. The first-order chi connectivity index (χ1) is 9.13. The van der Waals surface area contributed by atoms with Crippen molar-refractivity contribution in [1.29, 1.82) is 0 Å². The number of hydrogen-bond acceptors (Lipinski definition) is 3. The molecule has 1 unspecified atom stereocenters. The predicted octanol–water partition coefficient (Wildman–Crippen LogP) is 3.24. The van der Waals surface area contributed by atoms with Gasteiger partial charge >= 0.3 is 0 Å². The maximum atomic E-state index is 10.4. The number of aliphatic hydroxyl groups excluding tert-OH is 1. The Labute approximate surface area is 115 Å². The maximum absolute atomic E-state index is 10.4. The van der Waals surface area contributed by atoms with Crippen LogP contribution in [0.1, 0.15) is 43.4 Å². The van der Waals surface area contributed by atoms with Gasteiger partial charge in [-0.2, -0.15) is 0 Å². The van der Waals surface area contributed by atoms with Gasteiger partial charge in [-0.3, -0.25) is 0 Å². The minimum Gasteiger partial charge on any atom is -0.496 e. The van der Waals surface area contributed by atoms with Crippen molar-refractivity contribution in [2.75, 3.05) is 13.7 Å². The van der Waals surface area contributed by atoms with Crippen molar-refractivity contribution in [2.24, 2.45) is 5.92 Å². The van der Waals surface area contributed by atoms with Crippen molar-refractivity contribution in [3.8, 4) is 5.75 Å². The van der Waals surface area contributed by atoms with E-state index in [1.807, 2.05) is 32.0 Å². The van der Waals surface area contributed by atoms with Crippen molar-refractivity contribution in [2.45, 2.75) is 45.3 Å². The maximum Gasteiger partial charge on any atom is 0.124 e. The summed E-state index contributed by atoms with van der Waals surface area (Å²) in [6.07, 6.45) is 2.89. The molecule has 19 heavy (non-hydrogen) atoms. The van der Waals surface area contributed by atoms with Crippen LogP contribution in [0.25, 0.3) is 0 Å². The standard InChI is InChI=1S/C16H24O3/c1-4-19-13-8-12(9-13)10-15(17)14-7-11(2)5-6-16(14)18-3/h5-7,12-13,15,17H,4,8-10H2,1-3H3. The first-order valence-corrected chi connectivity index (χ1v) is 7.08. The monoisotopic (exact) mass is 264 g/mol. The van der Waals surface area contributed by atoms with Crippen LogP contribution >= 0.6 is 0 Å². The molecular weight excluding hydrogens is 240 g/mol. The Morgan fingerprint density at radius 2 is 2.11 bits per heavy atom. The lowest BCUT2D eigenvalue weighted by molar-refractivity contribution is -0.0381. The molecule has 1 aliphatic carbocycles. The number of ether oxygens (including phenoxy) is 2. The SMILES string of the molecule is CCOC1CC(CC(O)c2cc(C)ccc2OC)C1. The van der Waals surface area contributed by atoms with E-state index in [1.54, 1.807) is 7.11 Å². The summed E-state index contributed by atoms with van der Waals surface area (Å²) < 4.78 is 10.9. The van der Waals surface area contributed by atoms with Gasteiger partial charge in [0.15, 0.2) is 0 Å². The van der Waals surface area contributed by atoms with Gasteiger partial charge in [-0.25, -0.2) is 0 Å². The number of aliphatic hydroxyl groups is 1. The first kappa shape index (κ1) is 14.4. The van der Waals surface area contributed by atoms with E-state index in [-0.39, 0.29) is 0 Å². The van der Waals surface area contributed by atoms with E-state index in [4.69, 9.17) is 9.47 Å². The third-order valence-electron chi connectivity index (χ3n) is 3.90. The Morgan fingerprint density at radius 3 is 2.74 bits per heavy atom. The van der Waals surface area contributed by atoms with Gasteiger partial charge in [-0.15, -0.1) is 0 Å². The molecule has 3 heteroatoms. The van der Waals surface area contributed by atoms with E-state index in [9.17, 15) is 5.11 Å². The van der Waals surface area contributed by atoms with Gasteiger partial charge < -0.3 is 14.6 Å². The molecule has 1 aromatic carbocycles. The second kappa shape index (κ2) is 6.40. The van der Waals surface area contributed by atoms with Crippen LogP contribution in [0, 0.1) is 12.8 Å². The van der Waals surface area contributed by atoms with Crippen molar-refractivity contribution in [1.82, 2.24) is 0 Å². The van der Waals surface area contributed by atoms with Crippen molar-refractivity contribution < 1.29 is 14.6 Å². The van der Waals surface area contributed by atoms with Crippen LogP contribution in [0.2, 0.25) is 0 Å². The molecule has 0 amide bonds. The fraction of sp³-hybridized carbons (Fsp3) is 0.625. The lowest BCUT2D eigenvalue weighted by atomic mass is 9.77. The number of hydrogen-bond donors (Lipinski definition) is 1. The number of methoxy groups -OCH3 is 1. The summed E-state index contributed by atoms with van der Waals surface area (Å²) in [5.74, 6) is 1.34. The van der Waals surface area contributed by atoms with Crippen LogP contribution in [-0.4, -0.2) is 24.9 Å². The summed E-state index contributed by atoms with van der Waals surface area (Å²) in [5.41, 5.74) is 2.05. The minimum atomic E-state index is -0.442. The average molecular weight is 264 g/mol. The topological polar surface area (TPSA) is 38.7 Å². The molecule has 0 saturated heterocycles. The van der Waals surface area contributed by atoms with Crippen LogP contribution in [0.3, 0.4) is 0 Å². The Balaban J connectivity index is 1.93. The predicted molar refractivity (Wildman–Crippen MR) is 75.4 cm³/mol. The molecule has 2 rings (SSSR count). The summed E-state index contributed by atoms with van der Waals surface area (Å²) in [6.45, 7) is 4.84. The normalized spacial score (nSPS) is 23.8. The van der Waals surface area contributed by atoms with E-state index in [0.29, 0.717) is 12.0 Å². The van der Waals surface area contributed by atoms with Crippen LogP contribution in [0.4, 0.5) is 0 Å². The molecule has 0 radical (unpaired) electrons. The molecule has 0 aliphatic heterocycles. The fourth-order valence-electron chi connectivity index (χ4n) is 2.80. The summed E-state index contributed by atoms with van der Waals surface area (Å²) in [7, 11) is 1.65. The van der Waals surface area contributed by atoms with Crippen molar-refractivity contribution in [3.63, 3.8) is 0 Å². The van der Waals surface area contributed by atoms with E-state index in [0.717, 1.165) is 42.7 Å². The molecule has 0 spiro atoms. The van der Waals surface area contributed by atoms with Crippen LogP contribution in [0.15, 0.2) is 18.2 Å². The summed E-state index contributed by atoms with van der Waals surface area (Å²) >= 11 is 0.